The Kier molecular flexibility index (Phi) is 4.17. The molecular formula is C13H12N4O4. The molecule has 0 saturated carbocycles. The van der Waals surface area contributed by atoms with Gasteiger partial charge in [-0.3, -0.25) is 4.79 Å². The van der Waals surface area contributed by atoms with Crippen molar-refractivity contribution in [1.82, 2.24) is 15.0 Å². The summed E-state index contributed by atoms with van der Waals surface area (Å²) >= 11 is 0. The van der Waals surface area contributed by atoms with E-state index in [9.17, 15) is 14.9 Å². The maximum absolute atomic E-state index is 11.0. The average molecular weight is 288 g/mol. The van der Waals surface area contributed by atoms with E-state index in [1.165, 1.54) is 31.3 Å². The minimum atomic E-state index is -0.577. The summed E-state index contributed by atoms with van der Waals surface area (Å²) in [5, 5.41) is 10.6. The molecule has 0 aliphatic carbocycles. The van der Waals surface area contributed by atoms with Crippen LogP contribution in [-0.4, -0.2) is 25.7 Å². The van der Waals surface area contributed by atoms with Gasteiger partial charge < -0.3 is 14.9 Å². The van der Waals surface area contributed by atoms with Crippen molar-refractivity contribution < 1.29 is 14.5 Å². The standard InChI is InChI=1S/C13H12N4O4/c1-8(18)7-11-14-6-5-13(16-11)21-10-3-4-12(17(19)20)15-9(10)2/h3-6H,7H2,1-2H3. The molecule has 0 spiro atoms. The summed E-state index contributed by atoms with van der Waals surface area (Å²) in [6, 6.07) is 4.23. The highest BCUT2D eigenvalue weighted by Crippen LogP contribution is 2.24. The number of aryl methyl sites for hydroxylation is 1. The number of nitro groups is 1. The number of pyridine rings is 1. The predicted molar refractivity (Wildman–Crippen MR) is 72.1 cm³/mol. The van der Waals surface area contributed by atoms with Crippen molar-refractivity contribution in [2.45, 2.75) is 20.3 Å². The Labute approximate surface area is 120 Å². The SMILES string of the molecule is CC(=O)Cc1nccc(Oc2ccc([N+](=O)[O-])nc2C)n1. The molecule has 2 heterocycles. The number of ether oxygens (including phenoxy) is 1. The largest absolute Gasteiger partial charge is 0.435 e. The number of hydrogen-bond donors (Lipinski definition) is 0. The number of carbonyl (C=O) groups excluding carboxylic acids is 1. The van der Waals surface area contributed by atoms with Gasteiger partial charge in [-0.15, -0.1) is 0 Å². The van der Waals surface area contributed by atoms with Crippen molar-refractivity contribution in [3.8, 4) is 11.6 Å². The summed E-state index contributed by atoms with van der Waals surface area (Å²) in [5.74, 6) is 0.653. The lowest BCUT2D eigenvalue weighted by Crippen LogP contribution is -2.03. The third-order valence-electron chi connectivity index (χ3n) is 2.51. The van der Waals surface area contributed by atoms with E-state index in [0.717, 1.165) is 0 Å². The molecule has 0 saturated heterocycles. The number of ketones is 1. The molecule has 21 heavy (non-hydrogen) atoms. The van der Waals surface area contributed by atoms with E-state index < -0.39 is 4.92 Å². The van der Waals surface area contributed by atoms with Crippen molar-refractivity contribution in [3.05, 3.63) is 46.0 Å². The summed E-state index contributed by atoms with van der Waals surface area (Å²) in [6.07, 6.45) is 1.60. The van der Waals surface area contributed by atoms with Crippen LogP contribution in [0.5, 0.6) is 11.6 Å². The van der Waals surface area contributed by atoms with Gasteiger partial charge in [0.05, 0.1) is 6.42 Å². The first-order valence-electron chi connectivity index (χ1n) is 6.07. The van der Waals surface area contributed by atoms with Gasteiger partial charge in [-0.1, -0.05) is 0 Å². The molecule has 0 aliphatic rings. The lowest BCUT2D eigenvalue weighted by atomic mass is 10.3. The second-order valence-electron chi connectivity index (χ2n) is 4.30. The van der Waals surface area contributed by atoms with Gasteiger partial charge in [0.1, 0.15) is 11.6 Å². The van der Waals surface area contributed by atoms with Crippen molar-refractivity contribution in [1.29, 1.82) is 0 Å². The minimum absolute atomic E-state index is 0.0552. The number of nitrogens with zero attached hydrogens (tertiary/aromatic N) is 4. The molecule has 0 N–H and O–H groups in total. The van der Waals surface area contributed by atoms with Gasteiger partial charge in [-0.05, 0) is 22.9 Å². The molecule has 0 aromatic carbocycles. The van der Waals surface area contributed by atoms with E-state index in [1.807, 2.05) is 0 Å². The Morgan fingerprint density at radius 3 is 2.71 bits per heavy atom. The zero-order valence-electron chi connectivity index (χ0n) is 11.4. The first-order chi connectivity index (χ1) is 9.95. The van der Waals surface area contributed by atoms with Crippen LogP contribution in [0.1, 0.15) is 18.4 Å². The number of hydrogen-bond acceptors (Lipinski definition) is 7. The molecule has 0 unspecified atom stereocenters. The smallest absolute Gasteiger partial charge is 0.363 e. The topological polar surface area (TPSA) is 108 Å². The molecule has 0 amide bonds. The fourth-order valence-electron chi connectivity index (χ4n) is 1.60. The van der Waals surface area contributed by atoms with Gasteiger partial charge in [0, 0.05) is 25.3 Å². The van der Waals surface area contributed by atoms with Crippen LogP contribution in [0.2, 0.25) is 0 Å². The molecule has 108 valence electrons. The van der Waals surface area contributed by atoms with E-state index in [-0.39, 0.29) is 23.9 Å². The third-order valence-corrected chi connectivity index (χ3v) is 2.51. The highest BCUT2D eigenvalue weighted by atomic mass is 16.6. The maximum Gasteiger partial charge on any atom is 0.363 e. The van der Waals surface area contributed by atoms with Crippen LogP contribution in [0.25, 0.3) is 0 Å². The predicted octanol–water partition coefficient (Wildman–Crippen LogP) is 2.01. The quantitative estimate of drug-likeness (QED) is 0.611. The zero-order valence-corrected chi connectivity index (χ0v) is 11.4. The van der Waals surface area contributed by atoms with Gasteiger partial charge >= 0.3 is 5.82 Å². The molecule has 2 aromatic rings. The number of carbonyl (C=O) groups is 1. The van der Waals surface area contributed by atoms with Gasteiger partial charge in [0.2, 0.25) is 5.88 Å². The monoisotopic (exact) mass is 288 g/mol. The van der Waals surface area contributed by atoms with Crippen molar-refractivity contribution in [2.75, 3.05) is 0 Å². The first-order valence-corrected chi connectivity index (χ1v) is 6.07. The van der Waals surface area contributed by atoms with Crippen molar-refractivity contribution in [2.24, 2.45) is 0 Å². The summed E-state index contributed by atoms with van der Waals surface area (Å²) < 4.78 is 5.52. The van der Waals surface area contributed by atoms with E-state index >= 15 is 0 Å². The second-order valence-corrected chi connectivity index (χ2v) is 4.30. The normalized spacial score (nSPS) is 10.2. The molecule has 0 fully saturated rings. The van der Waals surface area contributed by atoms with Crippen LogP contribution in [-0.2, 0) is 11.2 Å². The van der Waals surface area contributed by atoms with Crippen molar-refractivity contribution in [3.63, 3.8) is 0 Å². The summed E-state index contributed by atoms with van der Waals surface area (Å²) in [7, 11) is 0. The minimum Gasteiger partial charge on any atom is -0.435 e. The van der Waals surface area contributed by atoms with E-state index in [2.05, 4.69) is 15.0 Å². The van der Waals surface area contributed by atoms with Gasteiger partial charge in [-0.2, -0.15) is 4.98 Å². The molecule has 2 aromatic heterocycles. The Hall–Kier alpha value is -2.90. The van der Waals surface area contributed by atoms with Crippen LogP contribution < -0.4 is 4.74 Å². The molecule has 8 heteroatoms. The Bertz CT molecular complexity index is 702. The van der Waals surface area contributed by atoms with Gasteiger partial charge in [-0.25, -0.2) is 4.98 Å². The third kappa shape index (κ3) is 3.78. The van der Waals surface area contributed by atoms with E-state index in [1.54, 1.807) is 6.92 Å². The zero-order chi connectivity index (χ0) is 15.4. The molecule has 0 bridgehead atoms. The van der Waals surface area contributed by atoms with E-state index in [0.29, 0.717) is 17.3 Å². The molecule has 8 nitrogen and oxygen atoms in total. The Morgan fingerprint density at radius 2 is 2.10 bits per heavy atom. The van der Waals surface area contributed by atoms with Gasteiger partial charge in [0.15, 0.2) is 11.4 Å². The van der Waals surface area contributed by atoms with Crippen LogP contribution in [0.3, 0.4) is 0 Å². The van der Waals surface area contributed by atoms with Crippen LogP contribution in [0, 0.1) is 17.0 Å². The van der Waals surface area contributed by atoms with Crippen LogP contribution >= 0.6 is 0 Å². The molecule has 0 atom stereocenters. The molecule has 0 radical (unpaired) electrons. The van der Waals surface area contributed by atoms with Crippen LogP contribution in [0.4, 0.5) is 5.82 Å². The highest BCUT2D eigenvalue weighted by molar-refractivity contribution is 5.77. The molecule has 0 aliphatic heterocycles. The van der Waals surface area contributed by atoms with Gasteiger partial charge in [0.25, 0.3) is 0 Å². The first kappa shape index (κ1) is 14.5. The average Bonchev–Trinajstić information content (AvgIpc) is 2.40. The second kappa shape index (κ2) is 6.04. The Morgan fingerprint density at radius 1 is 1.33 bits per heavy atom. The fourth-order valence-corrected chi connectivity index (χ4v) is 1.60. The number of Topliss-reactive ketones (excluding diaryl/α,β-unsaturated/α-hetero) is 1. The van der Waals surface area contributed by atoms with Crippen LogP contribution in [0.15, 0.2) is 24.4 Å². The summed E-state index contributed by atoms with van der Waals surface area (Å²) in [6.45, 7) is 3.04. The molecular weight excluding hydrogens is 276 g/mol. The Balaban J connectivity index is 2.22. The van der Waals surface area contributed by atoms with E-state index in [4.69, 9.17) is 4.74 Å². The number of aromatic nitrogens is 3. The lowest BCUT2D eigenvalue weighted by Gasteiger charge is -2.06. The maximum atomic E-state index is 11.0. The summed E-state index contributed by atoms with van der Waals surface area (Å²) in [4.78, 5) is 33.0. The summed E-state index contributed by atoms with van der Waals surface area (Å²) in [5.41, 5.74) is 0.371. The lowest BCUT2D eigenvalue weighted by molar-refractivity contribution is -0.389. The fraction of sp³-hybridized carbons (Fsp3) is 0.231. The number of rotatable bonds is 5. The highest BCUT2D eigenvalue weighted by Gasteiger charge is 2.14. The molecule has 2 rings (SSSR count). The van der Waals surface area contributed by atoms with Crippen molar-refractivity contribution >= 4 is 11.6 Å².